The quantitative estimate of drug-likeness (QED) is 0.567. The van der Waals surface area contributed by atoms with Crippen molar-refractivity contribution < 1.29 is 9.53 Å². The van der Waals surface area contributed by atoms with Crippen molar-refractivity contribution in [3.8, 4) is 5.75 Å². The second-order valence-electron chi connectivity index (χ2n) is 6.66. The van der Waals surface area contributed by atoms with Crippen molar-refractivity contribution >= 4 is 11.6 Å². The zero-order valence-corrected chi connectivity index (χ0v) is 15.5. The van der Waals surface area contributed by atoms with Gasteiger partial charge in [-0.25, -0.2) is 0 Å². The second-order valence-corrected chi connectivity index (χ2v) is 6.66. The van der Waals surface area contributed by atoms with Crippen molar-refractivity contribution in [3.63, 3.8) is 0 Å². The molecule has 0 unspecified atom stereocenters. The molecule has 0 aliphatic carbocycles. The highest BCUT2D eigenvalue weighted by Crippen LogP contribution is 2.18. The Morgan fingerprint density at radius 2 is 1.64 bits per heavy atom. The Bertz CT molecular complexity index is 645. The van der Waals surface area contributed by atoms with Gasteiger partial charge in [0.1, 0.15) is 5.75 Å². The van der Waals surface area contributed by atoms with Gasteiger partial charge in [0.05, 0.1) is 6.61 Å². The summed E-state index contributed by atoms with van der Waals surface area (Å²) in [6.45, 7) is 7.23. The Balaban J connectivity index is 1.84. The van der Waals surface area contributed by atoms with Crippen molar-refractivity contribution in [3.05, 3.63) is 59.7 Å². The maximum Gasteiger partial charge on any atom is 0.255 e. The van der Waals surface area contributed by atoms with Crippen LogP contribution in [0.4, 0.5) is 5.69 Å². The number of rotatable bonds is 9. The summed E-state index contributed by atoms with van der Waals surface area (Å²) in [5, 5.41) is 2.92. The van der Waals surface area contributed by atoms with E-state index in [1.165, 1.54) is 24.8 Å². The number of unbranched alkanes of at least 4 members (excludes halogenated alkanes) is 3. The molecule has 0 spiro atoms. The van der Waals surface area contributed by atoms with Crippen LogP contribution in [0.1, 0.15) is 68.3 Å². The first-order chi connectivity index (χ1) is 12.1. The summed E-state index contributed by atoms with van der Waals surface area (Å²) in [5.74, 6) is 1.21. The summed E-state index contributed by atoms with van der Waals surface area (Å²) in [7, 11) is 0. The minimum absolute atomic E-state index is 0.0939. The highest BCUT2D eigenvalue weighted by atomic mass is 16.5. The molecule has 0 saturated heterocycles. The number of anilines is 1. The topological polar surface area (TPSA) is 38.3 Å². The largest absolute Gasteiger partial charge is 0.494 e. The molecule has 2 aromatic rings. The zero-order valence-electron chi connectivity index (χ0n) is 15.5. The first-order valence-corrected chi connectivity index (χ1v) is 9.24. The molecule has 134 valence electrons. The van der Waals surface area contributed by atoms with Gasteiger partial charge in [-0.3, -0.25) is 4.79 Å². The van der Waals surface area contributed by atoms with Gasteiger partial charge >= 0.3 is 0 Å². The second kappa shape index (κ2) is 9.87. The standard InChI is InChI=1S/C22H29NO2/c1-4-5-6-7-16-25-21-14-12-20(13-15-21)23-22(24)19-10-8-18(9-11-19)17(2)3/h8-15,17H,4-7,16H2,1-3H3,(H,23,24). The van der Waals surface area contributed by atoms with E-state index < -0.39 is 0 Å². The van der Waals surface area contributed by atoms with Gasteiger partial charge in [-0.15, -0.1) is 0 Å². The molecule has 2 aromatic carbocycles. The Morgan fingerprint density at radius 1 is 0.960 bits per heavy atom. The van der Waals surface area contributed by atoms with E-state index in [0.717, 1.165) is 24.5 Å². The van der Waals surface area contributed by atoms with Crippen LogP contribution in [-0.2, 0) is 0 Å². The van der Waals surface area contributed by atoms with E-state index in [0.29, 0.717) is 11.5 Å². The van der Waals surface area contributed by atoms with Crippen LogP contribution < -0.4 is 10.1 Å². The Hall–Kier alpha value is -2.29. The predicted molar refractivity (Wildman–Crippen MR) is 105 cm³/mol. The number of carbonyl (C=O) groups is 1. The third-order valence-corrected chi connectivity index (χ3v) is 4.22. The van der Waals surface area contributed by atoms with Gasteiger partial charge in [-0.05, 0) is 54.3 Å². The minimum Gasteiger partial charge on any atom is -0.494 e. The van der Waals surface area contributed by atoms with Gasteiger partial charge in [0, 0.05) is 11.3 Å². The van der Waals surface area contributed by atoms with Gasteiger partial charge in [0.25, 0.3) is 5.91 Å². The maximum absolute atomic E-state index is 12.3. The van der Waals surface area contributed by atoms with Crippen LogP contribution in [-0.4, -0.2) is 12.5 Å². The molecule has 2 rings (SSSR count). The molecule has 0 radical (unpaired) electrons. The number of amides is 1. The molecule has 0 aliphatic heterocycles. The predicted octanol–water partition coefficient (Wildman–Crippen LogP) is 6.02. The van der Waals surface area contributed by atoms with Crippen LogP contribution in [0.5, 0.6) is 5.75 Å². The first-order valence-electron chi connectivity index (χ1n) is 9.24. The van der Waals surface area contributed by atoms with E-state index in [4.69, 9.17) is 4.74 Å². The number of benzene rings is 2. The fourth-order valence-electron chi connectivity index (χ4n) is 2.58. The first kappa shape index (κ1) is 19.0. The lowest BCUT2D eigenvalue weighted by Crippen LogP contribution is -2.11. The van der Waals surface area contributed by atoms with Crippen molar-refractivity contribution in [1.29, 1.82) is 0 Å². The van der Waals surface area contributed by atoms with Crippen molar-refractivity contribution in [2.45, 2.75) is 52.4 Å². The van der Waals surface area contributed by atoms with Gasteiger partial charge in [0.2, 0.25) is 0 Å². The Kier molecular flexibility index (Phi) is 7.52. The van der Waals surface area contributed by atoms with Crippen LogP contribution >= 0.6 is 0 Å². The molecule has 0 fully saturated rings. The third kappa shape index (κ3) is 6.26. The molecule has 25 heavy (non-hydrogen) atoms. The zero-order chi connectivity index (χ0) is 18.1. The summed E-state index contributed by atoms with van der Waals surface area (Å²) < 4.78 is 5.72. The minimum atomic E-state index is -0.0939. The maximum atomic E-state index is 12.3. The molecule has 0 aliphatic rings. The average Bonchev–Trinajstić information content (AvgIpc) is 2.63. The van der Waals surface area contributed by atoms with E-state index in [1.807, 2.05) is 48.5 Å². The molecule has 3 nitrogen and oxygen atoms in total. The van der Waals surface area contributed by atoms with Crippen LogP contribution in [0.25, 0.3) is 0 Å². The number of ether oxygens (including phenoxy) is 1. The highest BCUT2D eigenvalue weighted by Gasteiger charge is 2.07. The van der Waals surface area contributed by atoms with E-state index in [9.17, 15) is 4.79 Å². The molecular weight excluding hydrogens is 310 g/mol. The van der Waals surface area contributed by atoms with Gasteiger partial charge < -0.3 is 10.1 Å². The van der Waals surface area contributed by atoms with Crippen molar-refractivity contribution in [1.82, 2.24) is 0 Å². The fourth-order valence-corrected chi connectivity index (χ4v) is 2.58. The van der Waals surface area contributed by atoms with E-state index in [-0.39, 0.29) is 5.91 Å². The molecule has 1 N–H and O–H groups in total. The molecular formula is C22H29NO2. The Morgan fingerprint density at radius 3 is 2.24 bits per heavy atom. The summed E-state index contributed by atoms with van der Waals surface area (Å²) in [6.07, 6.45) is 4.78. The lowest BCUT2D eigenvalue weighted by atomic mass is 10.0. The lowest BCUT2D eigenvalue weighted by Gasteiger charge is -2.09. The number of carbonyl (C=O) groups excluding carboxylic acids is 1. The van der Waals surface area contributed by atoms with Crippen LogP contribution in [0.3, 0.4) is 0 Å². The monoisotopic (exact) mass is 339 g/mol. The Labute approximate surface area is 151 Å². The SMILES string of the molecule is CCCCCCOc1ccc(NC(=O)c2ccc(C(C)C)cc2)cc1. The van der Waals surface area contributed by atoms with E-state index in [2.05, 4.69) is 26.1 Å². The van der Waals surface area contributed by atoms with Gasteiger partial charge in [-0.1, -0.05) is 52.2 Å². The molecule has 0 aromatic heterocycles. The van der Waals surface area contributed by atoms with E-state index >= 15 is 0 Å². The summed E-state index contributed by atoms with van der Waals surface area (Å²) in [5.41, 5.74) is 2.67. The lowest BCUT2D eigenvalue weighted by molar-refractivity contribution is 0.102. The number of nitrogens with one attached hydrogen (secondary N) is 1. The summed E-state index contributed by atoms with van der Waals surface area (Å²) in [6, 6.07) is 15.3. The molecule has 0 atom stereocenters. The smallest absolute Gasteiger partial charge is 0.255 e. The molecule has 3 heteroatoms. The fraction of sp³-hybridized carbons (Fsp3) is 0.409. The molecule has 0 bridgehead atoms. The highest BCUT2D eigenvalue weighted by molar-refractivity contribution is 6.04. The van der Waals surface area contributed by atoms with Crippen molar-refractivity contribution in [2.75, 3.05) is 11.9 Å². The summed E-state index contributed by atoms with van der Waals surface area (Å²) >= 11 is 0. The number of hydrogen-bond acceptors (Lipinski definition) is 2. The molecule has 1 amide bonds. The van der Waals surface area contributed by atoms with Crippen LogP contribution in [0.15, 0.2) is 48.5 Å². The van der Waals surface area contributed by atoms with Gasteiger partial charge in [0.15, 0.2) is 0 Å². The normalized spacial score (nSPS) is 10.7. The van der Waals surface area contributed by atoms with E-state index in [1.54, 1.807) is 0 Å². The third-order valence-electron chi connectivity index (χ3n) is 4.22. The summed E-state index contributed by atoms with van der Waals surface area (Å²) in [4.78, 5) is 12.3. The molecule has 0 saturated carbocycles. The van der Waals surface area contributed by atoms with Crippen molar-refractivity contribution in [2.24, 2.45) is 0 Å². The van der Waals surface area contributed by atoms with Gasteiger partial charge in [-0.2, -0.15) is 0 Å². The average molecular weight is 339 g/mol. The molecule has 0 heterocycles. The van der Waals surface area contributed by atoms with Crippen LogP contribution in [0, 0.1) is 0 Å². The van der Waals surface area contributed by atoms with Crippen LogP contribution in [0.2, 0.25) is 0 Å². The number of hydrogen-bond donors (Lipinski definition) is 1.